The molecule has 0 aliphatic carbocycles. The molecular weight excluding hydrogens is 444 g/mol. The van der Waals surface area contributed by atoms with Crippen LogP contribution in [0.5, 0.6) is 0 Å². The average molecular weight is 491 g/mol. The first-order valence-corrected chi connectivity index (χ1v) is 18.0. The summed E-state index contributed by atoms with van der Waals surface area (Å²) in [7, 11) is -3.97. The normalized spacial score (nSPS) is 28.8. The van der Waals surface area contributed by atoms with Crippen LogP contribution in [0.2, 0.25) is 36.3 Å². The Kier molecular flexibility index (Phi) is 8.29. The van der Waals surface area contributed by atoms with E-state index in [2.05, 4.69) is 91.1 Å². The lowest BCUT2D eigenvalue weighted by Crippen LogP contribution is -2.56. The number of hydrogen-bond donors (Lipinski definition) is 1. The van der Waals surface area contributed by atoms with Gasteiger partial charge in [-0.15, -0.1) is 11.6 Å². The van der Waals surface area contributed by atoms with Gasteiger partial charge in [-0.3, -0.25) is 5.32 Å². The van der Waals surface area contributed by atoms with E-state index in [1.54, 1.807) is 0 Å². The second-order valence-electron chi connectivity index (χ2n) is 12.5. The summed E-state index contributed by atoms with van der Waals surface area (Å²) in [5, 5.41) is 3.71. The van der Waals surface area contributed by atoms with Crippen molar-refractivity contribution in [1.29, 1.82) is 0 Å². The average Bonchev–Trinajstić information content (AvgIpc) is 2.96. The van der Waals surface area contributed by atoms with Crippen molar-refractivity contribution in [3.05, 3.63) is 11.8 Å². The molecular formula is C23H47ClN2O3Si2. The lowest BCUT2D eigenvalue weighted by molar-refractivity contribution is -0.122. The number of ether oxygens (including phenoxy) is 1. The molecule has 0 aromatic carbocycles. The highest BCUT2D eigenvalue weighted by Gasteiger charge is 2.55. The van der Waals surface area contributed by atoms with Crippen molar-refractivity contribution < 1.29 is 13.6 Å². The van der Waals surface area contributed by atoms with E-state index in [0.717, 1.165) is 19.6 Å². The summed E-state index contributed by atoms with van der Waals surface area (Å²) in [6.45, 7) is 27.1. The standard InChI is InChI=1S/C23H47ClN2O3Si2/c1-18-13-25-17-26(14-18)20-12-19(29-31(10,11)22(5,6)7)23(15-24,28-20)16-27-30(8,9)21(2,3)4/h14,19-20,25H,12-13,15-17H2,1-11H3/t19-,20+,23+/m0/s1. The number of hydrogen-bond acceptors (Lipinski definition) is 5. The summed E-state index contributed by atoms with van der Waals surface area (Å²) < 4.78 is 20.4. The smallest absolute Gasteiger partial charge is 0.192 e. The molecule has 2 aliphatic rings. The van der Waals surface area contributed by atoms with Crippen LogP contribution in [0.3, 0.4) is 0 Å². The van der Waals surface area contributed by atoms with E-state index in [4.69, 9.17) is 25.2 Å². The lowest BCUT2D eigenvalue weighted by atomic mass is 10.0. The van der Waals surface area contributed by atoms with Gasteiger partial charge in [0.1, 0.15) is 11.8 Å². The van der Waals surface area contributed by atoms with Gasteiger partial charge in [-0.1, -0.05) is 41.5 Å². The third kappa shape index (κ3) is 6.16. The Bertz CT molecular complexity index is 658. The molecule has 3 atom stereocenters. The van der Waals surface area contributed by atoms with Crippen LogP contribution in [0.4, 0.5) is 0 Å². The van der Waals surface area contributed by atoms with E-state index in [0.29, 0.717) is 12.5 Å². The van der Waals surface area contributed by atoms with Gasteiger partial charge in [-0.05, 0) is 48.8 Å². The summed E-state index contributed by atoms with van der Waals surface area (Å²) in [6.07, 6.45) is 2.85. The van der Waals surface area contributed by atoms with E-state index >= 15 is 0 Å². The third-order valence-electron chi connectivity index (χ3n) is 7.78. The molecule has 2 aliphatic heterocycles. The minimum absolute atomic E-state index is 0.0701. The van der Waals surface area contributed by atoms with Crippen LogP contribution in [0.1, 0.15) is 54.9 Å². The number of halogens is 1. The minimum Gasteiger partial charge on any atom is -0.414 e. The number of rotatable bonds is 7. The Labute approximate surface area is 198 Å². The van der Waals surface area contributed by atoms with Gasteiger partial charge in [0.15, 0.2) is 16.6 Å². The first kappa shape index (κ1) is 27.3. The van der Waals surface area contributed by atoms with Crippen LogP contribution in [-0.4, -0.2) is 65.2 Å². The minimum atomic E-state index is -2.01. The molecule has 1 saturated heterocycles. The molecule has 0 unspecified atom stereocenters. The molecule has 2 heterocycles. The Morgan fingerprint density at radius 2 is 1.71 bits per heavy atom. The highest BCUT2D eigenvalue weighted by atomic mass is 35.5. The van der Waals surface area contributed by atoms with Crippen molar-refractivity contribution in [2.75, 3.05) is 25.7 Å². The zero-order chi connectivity index (χ0) is 23.9. The van der Waals surface area contributed by atoms with Gasteiger partial charge < -0.3 is 18.5 Å². The van der Waals surface area contributed by atoms with Gasteiger partial charge in [0.25, 0.3) is 0 Å². The molecule has 0 saturated carbocycles. The first-order valence-electron chi connectivity index (χ1n) is 11.6. The summed E-state index contributed by atoms with van der Waals surface area (Å²) >= 11 is 6.67. The highest BCUT2D eigenvalue weighted by Crippen LogP contribution is 2.45. The molecule has 31 heavy (non-hydrogen) atoms. The third-order valence-corrected chi connectivity index (χ3v) is 17.2. The van der Waals surface area contributed by atoms with Gasteiger partial charge in [0.05, 0.1) is 25.3 Å². The van der Waals surface area contributed by atoms with Crippen LogP contribution in [0.15, 0.2) is 11.8 Å². The van der Waals surface area contributed by atoms with Gasteiger partial charge in [0, 0.05) is 19.2 Å². The maximum absolute atomic E-state index is 6.97. The van der Waals surface area contributed by atoms with E-state index in [1.165, 1.54) is 5.57 Å². The second-order valence-corrected chi connectivity index (χ2v) is 22.3. The Morgan fingerprint density at radius 3 is 2.19 bits per heavy atom. The quantitative estimate of drug-likeness (QED) is 0.356. The molecule has 182 valence electrons. The molecule has 2 rings (SSSR count). The van der Waals surface area contributed by atoms with E-state index < -0.39 is 22.2 Å². The molecule has 5 nitrogen and oxygen atoms in total. The zero-order valence-corrected chi connectivity index (χ0v) is 24.6. The molecule has 0 aromatic heterocycles. The maximum atomic E-state index is 6.97. The fourth-order valence-corrected chi connectivity index (χ4v) is 6.15. The van der Waals surface area contributed by atoms with Crippen molar-refractivity contribution in [3.8, 4) is 0 Å². The highest BCUT2D eigenvalue weighted by molar-refractivity contribution is 6.74. The van der Waals surface area contributed by atoms with Gasteiger partial charge >= 0.3 is 0 Å². The van der Waals surface area contributed by atoms with Gasteiger partial charge in [-0.2, -0.15) is 0 Å². The summed E-state index contributed by atoms with van der Waals surface area (Å²) in [5.74, 6) is 0.362. The van der Waals surface area contributed by atoms with E-state index in [1.807, 2.05) is 0 Å². The summed E-state index contributed by atoms with van der Waals surface area (Å²) in [5.41, 5.74) is 0.661. The largest absolute Gasteiger partial charge is 0.414 e. The van der Waals surface area contributed by atoms with E-state index in [9.17, 15) is 0 Å². The van der Waals surface area contributed by atoms with Crippen LogP contribution < -0.4 is 5.32 Å². The predicted molar refractivity (Wildman–Crippen MR) is 137 cm³/mol. The molecule has 0 spiro atoms. The number of nitrogens with zero attached hydrogens (tertiary/aromatic N) is 1. The monoisotopic (exact) mass is 490 g/mol. The van der Waals surface area contributed by atoms with Gasteiger partial charge in [0.2, 0.25) is 0 Å². The van der Waals surface area contributed by atoms with Crippen molar-refractivity contribution in [2.24, 2.45) is 0 Å². The molecule has 0 amide bonds. The molecule has 1 fully saturated rings. The number of nitrogens with one attached hydrogen (secondary N) is 1. The molecule has 1 N–H and O–H groups in total. The fraction of sp³-hybridized carbons (Fsp3) is 0.913. The Morgan fingerprint density at radius 1 is 1.13 bits per heavy atom. The molecule has 0 bridgehead atoms. The molecule has 0 aromatic rings. The first-order chi connectivity index (χ1) is 13.9. The zero-order valence-electron chi connectivity index (χ0n) is 21.8. The second kappa shape index (κ2) is 9.39. The summed E-state index contributed by atoms with van der Waals surface area (Å²) in [4.78, 5) is 2.25. The summed E-state index contributed by atoms with van der Waals surface area (Å²) in [6, 6.07) is 0. The van der Waals surface area contributed by atoms with Crippen LogP contribution in [0, 0.1) is 0 Å². The van der Waals surface area contributed by atoms with Crippen molar-refractivity contribution in [3.63, 3.8) is 0 Å². The Balaban J connectivity index is 2.33. The number of alkyl halides is 1. The van der Waals surface area contributed by atoms with Crippen molar-refractivity contribution in [2.45, 2.75) is 109 Å². The topological polar surface area (TPSA) is 43.0 Å². The predicted octanol–water partition coefficient (Wildman–Crippen LogP) is 5.89. The maximum Gasteiger partial charge on any atom is 0.192 e. The fourth-order valence-electron chi connectivity index (χ4n) is 3.43. The van der Waals surface area contributed by atoms with Crippen LogP contribution >= 0.6 is 11.6 Å². The van der Waals surface area contributed by atoms with E-state index in [-0.39, 0.29) is 22.4 Å². The van der Waals surface area contributed by atoms with Crippen molar-refractivity contribution in [1.82, 2.24) is 10.2 Å². The lowest BCUT2D eigenvalue weighted by Gasteiger charge is -2.44. The van der Waals surface area contributed by atoms with Crippen molar-refractivity contribution >= 4 is 28.2 Å². The van der Waals surface area contributed by atoms with Crippen LogP contribution in [0.25, 0.3) is 0 Å². The van der Waals surface area contributed by atoms with Gasteiger partial charge in [-0.25, -0.2) is 0 Å². The van der Waals surface area contributed by atoms with Crippen LogP contribution in [-0.2, 0) is 13.6 Å². The Hall–Kier alpha value is 0.104. The molecule has 8 heteroatoms. The molecule has 0 radical (unpaired) electrons. The SMILES string of the molecule is CC1=CN([C@H]2C[C@H](O[Si](C)(C)C(C)(C)C)[C@@](CCl)(CO[Si](C)(C)C(C)(C)C)O2)CNC1.